The number of rotatable bonds is 5. The van der Waals surface area contributed by atoms with Crippen LogP contribution in [0, 0.1) is 0 Å². The summed E-state index contributed by atoms with van der Waals surface area (Å²) in [6.45, 7) is 4.65. The van der Waals surface area contributed by atoms with Crippen LogP contribution in [0.2, 0.25) is 0 Å². The Morgan fingerprint density at radius 1 is 1.27 bits per heavy atom. The van der Waals surface area contributed by atoms with Crippen molar-refractivity contribution >= 4 is 28.3 Å². The first kappa shape index (κ1) is 20.0. The van der Waals surface area contributed by atoms with E-state index in [0.29, 0.717) is 43.5 Å². The number of aromatic nitrogens is 4. The van der Waals surface area contributed by atoms with E-state index in [1.165, 1.54) is 0 Å². The lowest BCUT2D eigenvalue weighted by molar-refractivity contribution is -0.119. The second-order valence-electron chi connectivity index (χ2n) is 8.47. The normalized spacial score (nSPS) is 21.1. The van der Waals surface area contributed by atoms with Crippen LogP contribution >= 0.6 is 0 Å². The molecule has 0 unspecified atom stereocenters. The molecular formula is C23H24N6O4. The van der Waals surface area contributed by atoms with Crippen molar-refractivity contribution < 1.29 is 18.7 Å². The molecule has 2 fully saturated rings. The Kier molecular flexibility index (Phi) is 4.87. The van der Waals surface area contributed by atoms with Crippen LogP contribution in [0.4, 0.5) is 5.82 Å². The topological polar surface area (TPSA) is 107 Å². The maximum Gasteiger partial charge on any atom is 0.231 e. The highest BCUT2D eigenvalue weighted by Crippen LogP contribution is 2.34. The molecule has 2 saturated heterocycles. The number of pyridine rings is 1. The standard InChI is InChI=1S/C23H24N6O4/c1-14-12-31-9-8-28(14)23-16-10-19(33-18(16)6-7-24-23)17-11-25-20-3-5-22(27-29(17)20)32-13-15-2-4-21(30)26-15/h3,5-7,10-11,14-15H,2,4,8-9,12-13H2,1H3,(H,26,30)/t14-,15-/m1/s1. The average molecular weight is 448 g/mol. The van der Waals surface area contributed by atoms with Gasteiger partial charge in [-0.15, -0.1) is 5.10 Å². The van der Waals surface area contributed by atoms with Gasteiger partial charge in [-0.3, -0.25) is 4.79 Å². The Balaban J connectivity index is 1.32. The minimum absolute atomic E-state index is 0.0149. The minimum Gasteiger partial charge on any atom is -0.474 e. The van der Waals surface area contributed by atoms with Gasteiger partial charge in [-0.05, 0) is 31.5 Å². The van der Waals surface area contributed by atoms with Crippen LogP contribution in [-0.4, -0.2) is 63.9 Å². The van der Waals surface area contributed by atoms with Crippen LogP contribution in [0.3, 0.4) is 0 Å². The highest BCUT2D eigenvalue weighted by Gasteiger charge is 2.24. The van der Waals surface area contributed by atoms with Crippen LogP contribution in [0.25, 0.3) is 28.1 Å². The predicted octanol–water partition coefficient (Wildman–Crippen LogP) is 2.42. The molecule has 0 spiro atoms. The van der Waals surface area contributed by atoms with E-state index in [9.17, 15) is 4.79 Å². The maximum atomic E-state index is 11.4. The SMILES string of the molecule is C[C@@H]1COCCN1c1nccc2oc(-c3cnc4ccc(OC[C@H]5CCC(=O)N5)nn34)cc12. The molecule has 33 heavy (non-hydrogen) atoms. The summed E-state index contributed by atoms with van der Waals surface area (Å²) in [4.78, 5) is 22.8. The molecule has 4 aromatic heterocycles. The molecule has 6 heterocycles. The first-order valence-electron chi connectivity index (χ1n) is 11.2. The Bertz CT molecular complexity index is 1330. The van der Waals surface area contributed by atoms with Crippen molar-refractivity contribution in [3.63, 3.8) is 0 Å². The Hall–Kier alpha value is -3.66. The van der Waals surface area contributed by atoms with Crippen molar-refractivity contribution in [2.45, 2.75) is 31.8 Å². The largest absolute Gasteiger partial charge is 0.474 e. The third-order valence-electron chi connectivity index (χ3n) is 6.17. The summed E-state index contributed by atoms with van der Waals surface area (Å²) < 4.78 is 19.3. The summed E-state index contributed by atoms with van der Waals surface area (Å²) in [5.41, 5.74) is 2.17. The zero-order valence-corrected chi connectivity index (χ0v) is 18.2. The van der Waals surface area contributed by atoms with E-state index in [-0.39, 0.29) is 18.0 Å². The van der Waals surface area contributed by atoms with Crippen LogP contribution < -0.4 is 15.0 Å². The molecule has 6 rings (SSSR count). The second-order valence-corrected chi connectivity index (χ2v) is 8.47. The van der Waals surface area contributed by atoms with Crippen molar-refractivity contribution in [3.05, 3.63) is 36.7 Å². The molecule has 0 bridgehead atoms. The van der Waals surface area contributed by atoms with Crippen LogP contribution in [0.15, 0.2) is 41.1 Å². The molecule has 0 aromatic carbocycles. The number of carbonyl (C=O) groups is 1. The highest BCUT2D eigenvalue weighted by atomic mass is 16.5. The molecule has 0 saturated carbocycles. The lowest BCUT2D eigenvalue weighted by Gasteiger charge is -2.34. The van der Waals surface area contributed by atoms with Crippen LogP contribution in [0.1, 0.15) is 19.8 Å². The quantitative estimate of drug-likeness (QED) is 0.496. The molecule has 0 radical (unpaired) electrons. The van der Waals surface area contributed by atoms with Gasteiger partial charge in [-0.1, -0.05) is 0 Å². The van der Waals surface area contributed by atoms with Gasteiger partial charge in [-0.25, -0.2) is 14.5 Å². The highest BCUT2D eigenvalue weighted by molar-refractivity contribution is 5.92. The number of nitrogens with one attached hydrogen (secondary N) is 1. The fourth-order valence-electron chi connectivity index (χ4n) is 4.44. The number of ether oxygens (including phenoxy) is 2. The lowest BCUT2D eigenvalue weighted by atomic mass is 10.2. The fourth-order valence-corrected chi connectivity index (χ4v) is 4.44. The number of carbonyl (C=O) groups excluding carboxylic acids is 1. The molecule has 1 N–H and O–H groups in total. The third kappa shape index (κ3) is 3.66. The number of morpholine rings is 1. The number of nitrogens with zero attached hydrogens (tertiary/aromatic N) is 5. The van der Waals surface area contributed by atoms with Crippen molar-refractivity contribution in [1.29, 1.82) is 0 Å². The molecule has 4 aromatic rings. The van der Waals surface area contributed by atoms with Crippen molar-refractivity contribution in [2.75, 3.05) is 31.3 Å². The molecule has 2 aliphatic rings. The van der Waals surface area contributed by atoms with E-state index in [4.69, 9.17) is 13.9 Å². The zero-order chi connectivity index (χ0) is 22.4. The first-order valence-corrected chi connectivity index (χ1v) is 11.2. The Morgan fingerprint density at radius 2 is 2.21 bits per heavy atom. The average Bonchev–Trinajstić information content (AvgIpc) is 3.55. The third-order valence-corrected chi connectivity index (χ3v) is 6.17. The van der Waals surface area contributed by atoms with E-state index < -0.39 is 0 Å². The Labute approximate surface area is 189 Å². The van der Waals surface area contributed by atoms with E-state index in [1.807, 2.05) is 18.2 Å². The van der Waals surface area contributed by atoms with Gasteiger partial charge in [0, 0.05) is 25.2 Å². The van der Waals surface area contributed by atoms with Crippen molar-refractivity contribution in [3.8, 4) is 17.3 Å². The molecule has 2 aliphatic heterocycles. The number of anilines is 1. The van der Waals surface area contributed by atoms with Gasteiger partial charge < -0.3 is 24.1 Å². The summed E-state index contributed by atoms with van der Waals surface area (Å²) in [6, 6.07) is 7.74. The molecule has 10 heteroatoms. The van der Waals surface area contributed by atoms with Gasteiger partial charge in [-0.2, -0.15) is 0 Å². The zero-order valence-electron chi connectivity index (χ0n) is 18.2. The fraction of sp³-hybridized carbons (Fsp3) is 0.391. The minimum atomic E-state index is 0.0149. The van der Waals surface area contributed by atoms with Crippen molar-refractivity contribution in [1.82, 2.24) is 24.9 Å². The second kappa shape index (κ2) is 8.04. The van der Waals surface area contributed by atoms with Crippen molar-refractivity contribution in [2.24, 2.45) is 0 Å². The molecule has 2 atom stereocenters. The Morgan fingerprint density at radius 3 is 3.06 bits per heavy atom. The number of fused-ring (bicyclic) bond motifs is 2. The van der Waals surface area contributed by atoms with Gasteiger partial charge in [0.2, 0.25) is 11.8 Å². The van der Waals surface area contributed by atoms with E-state index in [1.54, 1.807) is 23.0 Å². The van der Waals surface area contributed by atoms with Gasteiger partial charge in [0.05, 0.1) is 36.9 Å². The summed E-state index contributed by atoms with van der Waals surface area (Å²) >= 11 is 0. The summed E-state index contributed by atoms with van der Waals surface area (Å²) in [5, 5.41) is 8.45. The van der Waals surface area contributed by atoms with Gasteiger partial charge >= 0.3 is 0 Å². The number of imidazole rings is 1. The molecule has 0 aliphatic carbocycles. The number of hydrogen-bond donors (Lipinski definition) is 1. The number of hydrogen-bond acceptors (Lipinski definition) is 8. The summed E-state index contributed by atoms with van der Waals surface area (Å²) in [6.07, 6.45) is 4.83. The van der Waals surface area contributed by atoms with E-state index >= 15 is 0 Å². The number of amides is 1. The summed E-state index contributed by atoms with van der Waals surface area (Å²) in [5.74, 6) is 2.07. The van der Waals surface area contributed by atoms with Crippen LogP contribution in [-0.2, 0) is 9.53 Å². The van der Waals surface area contributed by atoms with E-state index in [0.717, 1.165) is 35.4 Å². The monoisotopic (exact) mass is 448 g/mol. The maximum absolute atomic E-state index is 11.4. The summed E-state index contributed by atoms with van der Waals surface area (Å²) in [7, 11) is 0. The lowest BCUT2D eigenvalue weighted by Crippen LogP contribution is -2.44. The van der Waals surface area contributed by atoms with Crippen LogP contribution in [0.5, 0.6) is 5.88 Å². The predicted molar refractivity (Wildman–Crippen MR) is 120 cm³/mol. The molecule has 170 valence electrons. The molecule has 1 amide bonds. The molecule has 10 nitrogen and oxygen atoms in total. The van der Waals surface area contributed by atoms with Gasteiger partial charge in [0.25, 0.3) is 0 Å². The first-order chi connectivity index (χ1) is 16.2. The number of furan rings is 1. The van der Waals surface area contributed by atoms with Gasteiger partial charge in [0.1, 0.15) is 23.7 Å². The van der Waals surface area contributed by atoms with Gasteiger partial charge in [0.15, 0.2) is 11.4 Å². The molecular weight excluding hydrogens is 424 g/mol. The van der Waals surface area contributed by atoms with E-state index in [2.05, 4.69) is 32.2 Å². The smallest absolute Gasteiger partial charge is 0.231 e.